The van der Waals surface area contributed by atoms with Gasteiger partial charge >= 0.3 is 6.18 Å². The van der Waals surface area contributed by atoms with Crippen LogP contribution in [0.3, 0.4) is 0 Å². The van der Waals surface area contributed by atoms with Gasteiger partial charge in [0.1, 0.15) is 10.8 Å². The summed E-state index contributed by atoms with van der Waals surface area (Å²) in [5.74, 6) is -0.615. The van der Waals surface area contributed by atoms with Crippen molar-refractivity contribution < 1.29 is 13.2 Å². The summed E-state index contributed by atoms with van der Waals surface area (Å²) in [6, 6.07) is 1.97. The molecule has 7 nitrogen and oxygen atoms in total. The number of thiazole rings is 1. The first-order chi connectivity index (χ1) is 12.8. The second kappa shape index (κ2) is 6.71. The van der Waals surface area contributed by atoms with Crippen molar-refractivity contribution in [3.8, 4) is 0 Å². The van der Waals surface area contributed by atoms with E-state index in [0.29, 0.717) is 24.6 Å². The van der Waals surface area contributed by atoms with E-state index >= 15 is 0 Å². The lowest BCUT2D eigenvalue weighted by Crippen LogP contribution is -2.47. The van der Waals surface area contributed by atoms with Crippen molar-refractivity contribution in [2.24, 2.45) is 0 Å². The van der Waals surface area contributed by atoms with Gasteiger partial charge in [-0.2, -0.15) is 22.7 Å². The topological polar surface area (TPSA) is 62.5 Å². The summed E-state index contributed by atoms with van der Waals surface area (Å²) >= 11 is 1.63. The first-order valence-electron chi connectivity index (χ1n) is 8.53. The number of fused-ring (bicyclic) bond motifs is 1. The zero-order valence-electron chi connectivity index (χ0n) is 14.8. The molecule has 144 valence electrons. The van der Waals surface area contributed by atoms with E-state index in [1.165, 1.54) is 4.52 Å². The number of hydrogen-bond donors (Lipinski definition) is 0. The summed E-state index contributed by atoms with van der Waals surface area (Å²) in [5.41, 5.74) is 0.609. The molecule has 3 aromatic rings. The molecule has 1 saturated heterocycles. The fraction of sp³-hybridized carbons (Fsp3) is 0.500. The van der Waals surface area contributed by atoms with Gasteiger partial charge in [0, 0.05) is 49.5 Å². The number of halogens is 3. The standard InChI is InChI=1S/C16H18F3N7S/c1-10-9-12(26-15(21-10)22-14(23-26)16(17,18)19)25-6-4-24(5-7-25)11(2)13-20-3-8-27-13/h3,8-9,11H,4-7H2,1-2H3. The Bertz CT molecular complexity index is 930. The lowest BCUT2D eigenvalue weighted by molar-refractivity contribution is -0.144. The van der Waals surface area contributed by atoms with Crippen LogP contribution in [-0.4, -0.2) is 55.6 Å². The molecule has 0 spiro atoms. The molecule has 3 aromatic heterocycles. The SMILES string of the molecule is Cc1cc(N2CCN(C(C)c3nccs3)CC2)n2nc(C(F)(F)F)nc2n1. The first-order valence-corrected chi connectivity index (χ1v) is 9.41. The highest BCUT2D eigenvalue weighted by Crippen LogP contribution is 2.29. The second-order valence-electron chi connectivity index (χ2n) is 6.47. The van der Waals surface area contributed by atoms with Gasteiger partial charge in [0.25, 0.3) is 11.6 Å². The molecule has 1 unspecified atom stereocenters. The summed E-state index contributed by atoms with van der Waals surface area (Å²) < 4.78 is 40.1. The molecule has 1 atom stereocenters. The van der Waals surface area contributed by atoms with Crippen molar-refractivity contribution in [1.82, 2.24) is 29.5 Å². The fourth-order valence-electron chi connectivity index (χ4n) is 3.25. The van der Waals surface area contributed by atoms with Crippen molar-refractivity contribution >= 4 is 22.9 Å². The first kappa shape index (κ1) is 18.1. The summed E-state index contributed by atoms with van der Waals surface area (Å²) in [7, 11) is 0. The Kier molecular flexibility index (Phi) is 4.50. The van der Waals surface area contributed by atoms with Crippen LogP contribution in [0.4, 0.5) is 19.0 Å². The molecule has 0 bridgehead atoms. The number of nitrogens with zero attached hydrogens (tertiary/aromatic N) is 7. The van der Waals surface area contributed by atoms with Gasteiger partial charge < -0.3 is 4.90 Å². The molecule has 4 heterocycles. The minimum atomic E-state index is -4.60. The predicted molar refractivity (Wildman–Crippen MR) is 94.8 cm³/mol. The van der Waals surface area contributed by atoms with E-state index in [1.54, 1.807) is 30.5 Å². The number of anilines is 1. The molecule has 4 rings (SSSR count). The maximum absolute atomic E-state index is 13.0. The molecule has 0 N–H and O–H groups in total. The Hall–Kier alpha value is -2.27. The van der Waals surface area contributed by atoms with E-state index < -0.39 is 12.0 Å². The lowest BCUT2D eigenvalue weighted by Gasteiger charge is -2.38. The van der Waals surface area contributed by atoms with Crippen LogP contribution < -0.4 is 4.90 Å². The van der Waals surface area contributed by atoms with Gasteiger partial charge in [-0.1, -0.05) is 0 Å². The van der Waals surface area contributed by atoms with Crippen LogP contribution in [0.5, 0.6) is 0 Å². The molecule has 0 aliphatic carbocycles. The van der Waals surface area contributed by atoms with Crippen LogP contribution in [0.1, 0.15) is 29.5 Å². The maximum atomic E-state index is 13.0. The highest BCUT2D eigenvalue weighted by Gasteiger charge is 2.37. The number of aromatic nitrogens is 5. The van der Waals surface area contributed by atoms with Gasteiger partial charge in [0.15, 0.2) is 0 Å². The zero-order valence-corrected chi connectivity index (χ0v) is 15.6. The van der Waals surface area contributed by atoms with Gasteiger partial charge in [-0.25, -0.2) is 9.97 Å². The predicted octanol–water partition coefficient (Wildman–Crippen LogP) is 2.79. The van der Waals surface area contributed by atoms with Crippen molar-refractivity contribution in [2.75, 3.05) is 31.1 Å². The number of aryl methyl sites for hydroxylation is 1. The molecule has 1 fully saturated rings. The molecule has 0 aromatic carbocycles. The largest absolute Gasteiger partial charge is 0.453 e. The zero-order chi connectivity index (χ0) is 19.2. The van der Waals surface area contributed by atoms with Gasteiger partial charge in [0.05, 0.1) is 6.04 Å². The highest BCUT2D eigenvalue weighted by molar-refractivity contribution is 7.09. The van der Waals surface area contributed by atoms with E-state index in [4.69, 9.17) is 0 Å². The Balaban J connectivity index is 1.57. The molecule has 0 amide bonds. The summed E-state index contributed by atoms with van der Waals surface area (Å²) in [5, 5.41) is 6.68. The number of piperazine rings is 1. The van der Waals surface area contributed by atoms with E-state index in [0.717, 1.165) is 18.1 Å². The van der Waals surface area contributed by atoms with E-state index in [-0.39, 0.29) is 11.8 Å². The lowest BCUT2D eigenvalue weighted by atomic mass is 10.2. The fourth-order valence-corrected chi connectivity index (χ4v) is 3.98. The monoisotopic (exact) mass is 397 g/mol. The van der Waals surface area contributed by atoms with Gasteiger partial charge in [0.2, 0.25) is 0 Å². The molecule has 27 heavy (non-hydrogen) atoms. The minimum absolute atomic E-state index is 0.0316. The average molecular weight is 397 g/mol. The van der Waals surface area contributed by atoms with Crippen molar-refractivity contribution in [3.63, 3.8) is 0 Å². The molecule has 1 aliphatic heterocycles. The van der Waals surface area contributed by atoms with Gasteiger partial charge in [-0.15, -0.1) is 16.4 Å². The smallest absolute Gasteiger partial charge is 0.354 e. The molecule has 1 aliphatic rings. The summed E-state index contributed by atoms with van der Waals surface area (Å²) in [6.45, 7) is 6.78. The van der Waals surface area contributed by atoms with Crippen LogP contribution in [0.2, 0.25) is 0 Å². The van der Waals surface area contributed by atoms with Crippen molar-refractivity contribution in [1.29, 1.82) is 0 Å². The average Bonchev–Trinajstić information content (AvgIpc) is 3.29. The van der Waals surface area contributed by atoms with Crippen molar-refractivity contribution in [2.45, 2.75) is 26.1 Å². The van der Waals surface area contributed by atoms with E-state index in [9.17, 15) is 13.2 Å². The van der Waals surface area contributed by atoms with Gasteiger partial charge in [-0.3, -0.25) is 4.90 Å². The summed E-state index contributed by atoms with van der Waals surface area (Å²) in [6.07, 6.45) is -2.80. The number of rotatable bonds is 3. The maximum Gasteiger partial charge on any atom is 0.453 e. The third kappa shape index (κ3) is 3.48. The molecular weight excluding hydrogens is 379 g/mol. The third-order valence-electron chi connectivity index (χ3n) is 4.67. The van der Waals surface area contributed by atoms with Crippen LogP contribution >= 0.6 is 11.3 Å². The Morgan fingerprint density at radius 2 is 1.89 bits per heavy atom. The quantitative estimate of drug-likeness (QED) is 0.677. The van der Waals surface area contributed by atoms with Crippen LogP contribution in [0, 0.1) is 6.92 Å². The molecule has 0 saturated carbocycles. The van der Waals surface area contributed by atoms with Gasteiger partial charge in [-0.05, 0) is 13.8 Å². The normalized spacial score (nSPS) is 17.6. The summed E-state index contributed by atoms with van der Waals surface area (Å²) in [4.78, 5) is 16.4. The Labute approximate surface area is 157 Å². The second-order valence-corrected chi connectivity index (χ2v) is 7.40. The molecular formula is C16H18F3N7S. The van der Waals surface area contributed by atoms with Crippen LogP contribution in [0.25, 0.3) is 5.78 Å². The number of alkyl halides is 3. The van der Waals surface area contributed by atoms with Crippen molar-refractivity contribution in [3.05, 3.63) is 34.2 Å². The number of hydrogen-bond acceptors (Lipinski definition) is 7. The Morgan fingerprint density at radius 1 is 1.15 bits per heavy atom. The molecule has 0 radical (unpaired) electrons. The van der Waals surface area contributed by atoms with E-state index in [1.807, 2.05) is 10.3 Å². The highest BCUT2D eigenvalue weighted by atomic mass is 32.1. The minimum Gasteiger partial charge on any atom is -0.354 e. The Morgan fingerprint density at radius 3 is 2.52 bits per heavy atom. The van der Waals surface area contributed by atoms with Crippen LogP contribution in [-0.2, 0) is 6.18 Å². The third-order valence-corrected chi connectivity index (χ3v) is 5.62. The molecule has 11 heteroatoms. The van der Waals surface area contributed by atoms with Crippen LogP contribution in [0.15, 0.2) is 17.6 Å². The van der Waals surface area contributed by atoms with E-state index in [2.05, 4.69) is 31.9 Å².